The van der Waals surface area contributed by atoms with Crippen molar-refractivity contribution in [2.45, 2.75) is 51.0 Å². The van der Waals surface area contributed by atoms with Crippen molar-refractivity contribution in [3.63, 3.8) is 0 Å². The highest BCUT2D eigenvalue weighted by Crippen LogP contribution is 2.25. The van der Waals surface area contributed by atoms with Crippen LogP contribution in [-0.2, 0) is 4.84 Å². The smallest absolute Gasteiger partial charge is 0.127 e. The zero-order valence-corrected chi connectivity index (χ0v) is 7.54. The largest absolute Gasteiger partial charge is 0.393 e. The van der Waals surface area contributed by atoms with Gasteiger partial charge in [0.2, 0.25) is 0 Å². The van der Waals surface area contributed by atoms with Crippen molar-refractivity contribution in [2.75, 3.05) is 0 Å². The summed E-state index contributed by atoms with van der Waals surface area (Å²) in [6, 6.07) is 0. The van der Waals surface area contributed by atoms with Crippen molar-refractivity contribution in [3.05, 3.63) is 0 Å². The first kappa shape index (κ1) is 8.09. The van der Waals surface area contributed by atoms with E-state index in [0.717, 1.165) is 5.92 Å². The second-order valence-electron chi connectivity index (χ2n) is 3.96. The molecule has 0 bridgehead atoms. The lowest BCUT2D eigenvalue weighted by Crippen LogP contribution is -2.13. The first-order chi connectivity index (χ1) is 5.95. The van der Waals surface area contributed by atoms with Gasteiger partial charge in [0, 0.05) is 6.21 Å². The van der Waals surface area contributed by atoms with E-state index in [1.54, 1.807) is 0 Å². The quantitative estimate of drug-likeness (QED) is 0.468. The van der Waals surface area contributed by atoms with Crippen LogP contribution >= 0.6 is 0 Å². The number of hydrogen-bond donors (Lipinski definition) is 0. The third-order valence-corrected chi connectivity index (χ3v) is 2.93. The van der Waals surface area contributed by atoms with Gasteiger partial charge >= 0.3 is 0 Å². The molecule has 0 aromatic heterocycles. The Balaban J connectivity index is 1.62. The monoisotopic (exact) mass is 167 g/mol. The number of hydrogen-bond acceptors (Lipinski definition) is 2. The van der Waals surface area contributed by atoms with Gasteiger partial charge in [0.25, 0.3) is 0 Å². The van der Waals surface area contributed by atoms with Crippen LogP contribution < -0.4 is 0 Å². The molecule has 0 aromatic rings. The maximum Gasteiger partial charge on any atom is 0.127 e. The summed E-state index contributed by atoms with van der Waals surface area (Å²) in [5.74, 6) is 0.728. The van der Waals surface area contributed by atoms with Gasteiger partial charge in [-0.2, -0.15) is 0 Å². The Hall–Kier alpha value is -0.530. The Morgan fingerprint density at radius 1 is 1.00 bits per heavy atom. The summed E-state index contributed by atoms with van der Waals surface area (Å²) in [6.07, 6.45) is 11.5. The highest BCUT2D eigenvalue weighted by atomic mass is 16.6. The molecule has 2 rings (SSSR count). The first-order valence-electron chi connectivity index (χ1n) is 5.14. The predicted molar refractivity (Wildman–Crippen MR) is 49.2 cm³/mol. The minimum atomic E-state index is 0.432. The van der Waals surface area contributed by atoms with E-state index in [9.17, 15) is 0 Å². The predicted octanol–water partition coefficient (Wildman–Crippen LogP) is 2.73. The van der Waals surface area contributed by atoms with E-state index in [2.05, 4.69) is 5.16 Å². The Morgan fingerprint density at radius 3 is 2.33 bits per heavy atom. The zero-order chi connectivity index (χ0) is 8.23. The second-order valence-corrected chi connectivity index (χ2v) is 3.96. The normalized spacial score (nSPS) is 26.3. The van der Waals surface area contributed by atoms with Gasteiger partial charge in [0.05, 0.1) is 0 Å². The number of nitrogens with zero attached hydrogens (tertiary/aromatic N) is 1. The van der Waals surface area contributed by atoms with Crippen molar-refractivity contribution >= 4 is 6.21 Å². The SMILES string of the molecule is C(=NOC1CCCC1)C1CCC1. The van der Waals surface area contributed by atoms with Crippen molar-refractivity contribution in [1.29, 1.82) is 0 Å². The lowest BCUT2D eigenvalue weighted by Gasteiger charge is -2.20. The molecule has 68 valence electrons. The Morgan fingerprint density at radius 2 is 1.75 bits per heavy atom. The van der Waals surface area contributed by atoms with Crippen molar-refractivity contribution in [2.24, 2.45) is 11.1 Å². The molecule has 0 aromatic carbocycles. The lowest BCUT2D eigenvalue weighted by atomic mass is 9.87. The van der Waals surface area contributed by atoms with E-state index in [0.29, 0.717) is 6.10 Å². The van der Waals surface area contributed by atoms with E-state index >= 15 is 0 Å². The van der Waals surface area contributed by atoms with Crippen molar-refractivity contribution < 1.29 is 4.84 Å². The number of rotatable bonds is 3. The molecule has 2 aliphatic rings. The topological polar surface area (TPSA) is 21.6 Å². The van der Waals surface area contributed by atoms with Gasteiger partial charge in [-0.05, 0) is 44.4 Å². The maximum absolute atomic E-state index is 5.38. The molecular formula is C10H17NO. The van der Waals surface area contributed by atoms with Gasteiger partial charge in [-0.15, -0.1) is 0 Å². The summed E-state index contributed by atoms with van der Waals surface area (Å²) < 4.78 is 0. The van der Waals surface area contributed by atoms with E-state index < -0.39 is 0 Å². The lowest BCUT2D eigenvalue weighted by molar-refractivity contribution is 0.0640. The Bertz CT molecular complexity index is 157. The van der Waals surface area contributed by atoms with Crippen LogP contribution in [-0.4, -0.2) is 12.3 Å². The summed E-state index contributed by atoms with van der Waals surface area (Å²) in [4.78, 5) is 5.38. The molecule has 2 fully saturated rings. The Labute approximate surface area is 74.0 Å². The highest BCUT2D eigenvalue weighted by Gasteiger charge is 2.17. The summed E-state index contributed by atoms with van der Waals surface area (Å²) in [6.45, 7) is 0. The molecule has 0 amide bonds. The van der Waals surface area contributed by atoms with Crippen LogP contribution in [0.2, 0.25) is 0 Å². The fourth-order valence-electron chi connectivity index (χ4n) is 1.79. The van der Waals surface area contributed by atoms with Crippen LogP contribution in [0.15, 0.2) is 5.16 Å². The first-order valence-corrected chi connectivity index (χ1v) is 5.14. The third kappa shape index (κ3) is 1.99. The zero-order valence-electron chi connectivity index (χ0n) is 7.54. The molecule has 0 N–H and O–H groups in total. The van der Waals surface area contributed by atoms with Crippen molar-refractivity contribution in [3.8, 4) is 0 Å². The molecule has 0 aliphatic heterocycles. The average molecular weight is 167 g/mol. The molecule has 2 heteroatoms. The molecule has 2 aliphatic carbocycles. The molecular weight excluding hydrogens is 150 g/mol. The van der Waals surface area contributed by atoms with Gasteiger partial charge in [0.15, 0.2) is 0 Å². The highest BCUT2D eigenvalue weighted by molar-refractivity contribution is 5.60. The van der Waals surface area contributed by atoms with Crippen LogP contribution in [0.25, 0.3) is 0 Å². The second kappa shape index (κ2) is 3.92. The van der Waals surface area contributed by atoms with E-state index in [-0.39, 0.29) is 0 Å². The van der Waals surface area contributed by atoms with Crippen LogP contribution in [0.1, 0.15) is 44.9 Å². The molecule has 0 radical (unpaired) electrons. The third-order valence-electron chi connectivity index (χ3n) is 2.93. The van der Waals surface area contributed by atoms with E-state index in [1.807, 2.05) is 6.21 Å². The molecule has 12 heavy (non-hydrogen) atoms. The summed E-state index contributed by atoms with van der Waals surface area (Å²) >= 11 is 0. The van der Waals surface area contributed by atoms with Crippen LogP contribution in [0.3, 0.4) is 0 Å². The number of oxime groups is 1. The van der Waals surface area contributed by atoms with Gasteiger partial charge in [-0.1, -0.05) is 11.6 Å². The molecule has 0 saturated heterocycles. The standard InChI is InChI=1S/C10H17NO/c1-2-7-10(6-1)12-11-8-9-4-3-5-9/h8-10H,1-7H2. The fraction of sp³-hybridized carbons (Fsp3) is 0.900. The van der Waals surface area contributed by atoms with Gasteiger partial charge in [-0.3, -0.25) is 0 Å². The minimum Gasteiger partial charge on any atom is -0.393 e. The minimum absolute atomic E-state index is 0.432. The summed E-state index contributed by atoms with van der Waals surface area (Å²) in [7, 11) is 0. The summed E-state index contributed by atoms with van der Waals surface area (Å²) in [5.41, 5.74) is 0. The molecule has 2 nitrogen and oxygen atoms in total. The van der Waals surface area contributed by atoms with Gasteiger partial charge < -0.3 is 4.84 Å². The van der Waals surface area contributed by atoms with Gasteiger partial charge in [-0.25, -0.2) is 0 Å². The van der Waals surface area contributed by atoms with E-state index in [1.165, 1.54) is 44.9 Å². The van der Waals surface area contributed by atoms with Crippen molar-refractivity contribution in [1.82, 2.24) is 0 Å². The summed E-state index contributed by atoms with van der Waals surface area (Å²) in [5, 5.41) is 4.05. The average Bonchev–Trinajstić information content (AvgIpc) is 2.46. The van der Waals surface area contributed by atoms with Crippen LogP contribution in [0.4, 0.5) is 0 Å². The Kier molecular flexibility index (Phi) is 2.64. The molecule has 0 unspecified atom stereocenters. The van der Waals surface area contributed by atoms with Gasteiger partial charge in [0.1, 0.15) is 6.10 Å². The molecule has 0 heterocycles. The van der Waals surface area contributed by atoms with Crippen LogP contribution in [0.5, 0.6) is 0 Å². The maximum atomic E-state index is 5.38. The van der Waals surface area contributed by atoms with E-state index in [4.69, 9.17) is 4.84 Å². The molecule has 0 atom stereocenters. The molecule has 2 saturated carbocycles. The molecule has 0 spiro atoms. The van der Waals surface area contributed by atoms with Crippen LogP contribution in [0, 0.1) is 5.92 Å². The fourth-order valence-corrected chi connectivity index (χ4v) is 1.79.